The molecule has 5 aromatic rings. The fourth-order valence-electron chi connectivity index (χ4n) is 5.17. The number of rotatable bonds is 7. The molecule has 1 aliphatic heterocycles. The number of hydrogen-bond donors (Lipinski definition) is 3. The largest absolute Gasteiger partial charge is 0.483 e. The molecule has 4 aromatic heterocycles. The zero-order valence-electron chi connectivity index (χ0n) is 23.8. The highest BCUT2D eigenvalue weighted by Crippen LogP contribution is 2.35. The van der Waals surface area contributed by atoms with Crippen LogP contribution in [0.3, 0.4) is 0 Å². The summed E-state index contributed by atoms with van der Waals surface area (Å²) in [6.07, 6.45) is 9.53. The first-order valence-corrected chi connectivity index (χ1v) is 13.7. The van der Waals surface area contributed by atoms with Crippen molar-refractivity contribution < 1.29 is 19.5 Å². The number of likely N-dealkylation sites (N-methyl/N-ethyl adjacent to an activating group) is 1. The Morgan fingerprint density at radius 1 is 1.12 bits per heavy atom. The summed E-state index contributed by atoms with van der Waals surface area (Å²) < 4.78 is 1.62. The average molecular weight is 581 g/mol. The van der Waals surface area contributed by atoms with Crippen LogP contribution < -0.4 is 5.32 Å². The standard InChI is InChI=1S/C30H30N8O2.CH2O2/c1-36(2)15-4-6-28(39)34-22-9-7-20(8-10-22)30(40)37-16-12-21(19-37)26-17-24-23(11-14-31-29(24)35-26)25-18-33-38-27(25)5-3-13-32-38;2-1-3/h3-11,13-14,17-18,21H,12,15-16,19H2,1-2H3,(H,31,35)(H,34,39);1H,(H,2,3)/b6-4+;. The van der Waals surface area contributed by atoms with Crippen LogP contribution >= 0.6 is 0 Å². The van der Waals surface area contributed by atoms with Gasteiger partial charge >= 0.3 is 0 Å². The van der Waals surface area contributed by atoms with Crippen molar-refractivity contribution in [1.82, 2.24) is 34.6 Å². The van der Waals surface area contributed by atoms with Crippen molar-refractivity contribution in [2.45, 2.75) is 12.3 Å². The molecule has 12 nitrogen and oxygen atoms in total. The van der Waals surface area contributed by atoms with Gasteiger partial charge in [-0.1, -0.05) is 6.08 Å². The van der Waals surface area contributed by atoms with Gasteiger partial charge in [0.1, 0.15) is 5.65 Å². The number of aromatic nitrogens is 5. The van der Waals surface area contributed by atoms with E-state index < -0.39 is 0 Å². The van der Waals surface area contributed by atoms with Gasteiger partial charge in [-0.3, -0.25) is 14.4 Å². The van der Waals surface area contributed by atoms with Crippen LogP contribution in [0.5, 0.6) is 0 Å². The summed E-state index contributed by atoms with van der Waals surface area (Å²) in [5, 5.41) is 19.4. The molecule has 0 saturated carbocycles. The smallest absolute Gasteiger partial charge is 0.290 e. The number of likely N-dealkylation sites (tertiary alicyclic amines) is 1. The van der Waals surface area contributed by atoms with Gasteiger partial charge in [0.2, 0.25) is 5.91 Å². The highest BCUT2D eigenvalue weighted by molar-refractivity contribution is 6.00. The number of benzene rings is 1. The predicted octanol–water partition coefficient (Wildman–Crippen LogP) is 3.66. The van der Waals surface area contributed by atoms with E-state index >= 15 is 0 Å². The zero-order chi connectivity index (χ0) is 30.3. The molecule has 2 amide bonds. The van der Waals surface area contributed by atoms with E-state index in [0.29, 0.717) is 30.9 Å². The number of carbonyl (C=O) groups is 3. The summed E-state index contributed by atoms with van der Waals surface area (Å²) in [6.45, 7) is 1.73. The van der Waals surface area contributed by atoms with E-state index in [1.165, 1.54) is 6.08 Å². The van der Waals surface area contributed by atoms with Crippen molar-refractivity contribution in [2.24, 2.45) is 0 Å². The summed E-state index contributed by atoms with van der Waals surface area (Å²) in [5.74, 6) is -0.0262. The summed E-state index contributed by atoms with van der Waals surface area (Å²) >= 11 is 0. The Balaban J connectivity index is 0.00000118. The Morgan fingerprint density at radius 2 is 1.91 bits per heavy atom. The third-order valence-electron chi connectivity index (χ3n) is 7.20. The topological polar surface area (TPSA) is 149 Å². The Morgan fingerprint density at radius 3 is 2.67 bits per heavy atom. The summed E-state index contributed by atoms with van der Waals surface area (Å²) in [5.41, 5.74) is 6.11. The molecule has 1 saturated heterocycles. The second kappa shape index (κ2) is 13.1. The number of pyridine rings is 1. The highest BCUT2D eigenvalue weighted by Gasteiger charge is 2.29. The maximum Gasteiger partial charge on any atom is 0.290 e. The lowest BCUT2D eigenvalue weighted by Gasteiger charge is -2.16. The van der Waals surface area contributed by atoms with Crippen molar-refractivity contribution in [3.8, 4) is 11.1 Å². The minimum Gasteiger partial charge on any atom is -0.483 e. The molecule has 0 aliphatic carbocycles. The van der Waals surface area contributed by atoms with Gasteiger partial charge in [0, 0.05) is 71.9 Å². The number of amides is 2. The minimum atomic E-state index is -0.250. The molecule has 6 rings (SSSR count). The molecule has 0 bridgehead atoms. The van der Waals surface area contributed by atoms with Gasteiger partial charge in [-0.2, -0.15) is 14.8 Å². The average Bonchev–Trinajstić information content (AvgIpc) is 3.76. The van der Waals surface area contributed by atoms with E-state index in [1.54, 1.807) is 47.4 Å². The number of carboxylic acid groups (broad SMARTS) is 1. The highest BCUT2D eigenvalue weighted by atomic mass is 16.3. The van der Waals surface area contributed by atoms with Crippen LogP contribution in [0.2, 0.25) is 0 Å². The van der Waals surface area contributed by atoms with Gasteiger partial charge in [0.05, 0.1) is 11.7 Å². The predicted molar refractivity (Wildman–Crippen MR) is 163 cm³/mol. The molecule has 5 heterocycles. The Labute approximate surface area is 247 Å². The quantitative estimate of drug-likeness (QED) is 0.195. The van der Waals surface area contributed by atoms with Crippen LogP contribution in [0.1, 0.15) is 28.4 Å². The molecule has 0 radical (unpaired) electrons. The number of carbonyl (C=O) groups excluding carboxylic acids is 2. The SMILES string of the molecule is CN(C)C/C=C/C(=O)Nc1ccc(C(=O)N2CCC(c3cc4c(-c5cnn6ncccc56)ccnc4[nH]3)C2)cc1.O=CO. The van der Waals surface area contributed by atoms with Crippen LogP contribution in [-0.4, -0.2) is 91.7 Å². The second-order valence-electron chi connectivity index (χ2n) is 10.4. The van der Waals surface area contributed by atoms with E-state index in [-0.39, 0.29) is 24.2 Å². The minimum absolute atomic E-state index is 0.0139. The number of fused-ring (bicyclic) bond motifs is 2. The van der Waals surface area contributed by atoms with Crippen molar-refractivity contribution in [3.05, 3.63) is 90.5 Å². The molecule has 43 heavy (non-hydrogen) atoms. The molecule has 1 aromatic carbocycles. The van der Waals surface area contributed by atoms with Crippen molar-refractivity contribution in [2.75, 3.05) is 39.0 Å². The van der Waals surface area contributed by atoms with Gasteiger partial charge < -0.3 is 25.2 Å². The maximum absolute atomic E-state index is 13.3. The third kappa shape index (κ3) is 6.60. The van der Waals surface area contributed by atoms with E-state index in [1.807, 2.05) is 48.3 Å². The molecule has 220 valence electrons. The first kappa shape index (κ1) is 29.1. The normalized spacial score (nSPS) is 14.8. The maximum atomic E-state index is 13.3. The second-order valence-corrected chi connectivity index (χ2v) is 10.4. The van der Waals surface area contributed by atoms with Gasteiger partial charge in [-0.15, -0.1) is 0 Å². The van der Waals surface area contributed by atoms with Gasteiger partial charge in [0.15, 0.2) is 0 Å². The monoisotopic (exact) mass is 580 g/mol. The van der Waals surface area contributed by atoms with Crippen LogP contribution in [-0.2, 0) is 9.59 Å². The number of H-pyrrole nitrogens is 1. The van der Waals surface area contributed by atoms with E-state index in [2.05, 4.69) is 31.5 Å². The summed E-state index contributed by atoms with van der Waals surface area (Å²) in [7, 11) is 3.88. The molecular formula is C31H32N8O4. The molecule has 1 atom stereocenters. The lowest BCUT2D eigenvalue weighted by atomic mass is 10.0. The lowest BCUT2D eigenvalue weighted by Crippen LogP contribution is -2.28. The van der Waals surface area contributed by atoms with Crippen molar-refractivity contribution in [1.29, 1.82) is 0 Å². The van der Waals surface area contributed by atoms with Crippen LogP contribution in [0, 0.1) is 0 Å². The number of aromatic amines is 1. The molecule has 0 spiro atoms. The number of hydrogen-bond acceptors (Lipinski definition) is 7. The summed E-state index contributed by atoms with van der Waals surface area (Å²) in [4.78, 5) is 45.6. The van der Waals surface area contributed by atoms with Crippen LogP contribution in [0.4, 0.5) is 5.69 Å². The first-order valence-electron chi connectivity index (χ1n) is 13.7. The van der Waals surface area contributed by atoms with Crippen LogP contribution in [0.15, 0.2) is 79.3 Å². The van der Waals surface area contributed by atoms with Gasteiger partial charge in [-0.25, -0.2) is 4.98 Å². The Kier molecular flexibility index (Phi) is 8.87. The zero-order valence-corrected chi connectivity index (χ0v) is 23.8. The Bertz CT molecular complexity index is 1770. The van der Waals surface area contributed by atoms with Gasteiger partial charge in [-0.05, 0) is 74.6 Å². The van der Waals surface area contributed by atoms with Crippen molar-refractivity contribution in [3.63, 3.8) is 0 Å². The third-order valence-corrected chi connectivity index (χ3v) is 7.20. The molecule has 1 fully saturated rings. The van der Waals surface area contributed by atoms with Gasteiger partial charge in [0.25, 0.3) is 12.4 Å². The van der Waals surface area contributed by atoms with E-state index in [9.17, 15) is 9.59 Å². The molecular weight excluding hydrogens is 548 g/mol. The molecule has 12 heteroatoms. The molecule has 1 aliphatic rings. The lowest BCUT2D eigenvalue weighted by molar-refractivity contribution is -0.122. The fraction of sp³-hybridized carbons (Fsp3) is 0.226. The van der Waals surface area contributed by atoms with Crippen molar-refractivity contribution >= 4 is 40.5 Å². The molecule has 1 unspecified atom stereocenters. The van der Waals surface area contributed by atoms with E-state index in [0.717, 1.165) is 39.8 Å². The Hall–Kier alpha value is -5.36. The fourth-order valence-corrected chi connectivity index (χ4v) is 5.17. The summed E-state index contributed by atoms with van der Waals surface area (Å²) in [6, 6.07) is 15.1. The van der Waals surface area contributed by atoms with E-state index in [4.69, 9.17) is 9.90 Å². The molecule has 3 N–H and O–H groups in total. The number of nitrogens with zero attached hydrogens (tertiary/aromatic N) is 6. The number of anilines is 1. The number of nitrogens with one attached hydrogen (secondary N) is 2. The van der Waals surface area contributed by atoms with Crippen LogP contribution in [0.25, 0.3) is 27.7 Å². The first-order chi connectivity index (χ1) is 20.9.